The topological polar surface area (TPSA) is 34.1 Å². The smallest absolute Gasteiger partial charge is 0.150 e. The minimum Gasteiger partial charge on any atom is -0.229 e. The fourth-order valence-electron chi connectivity index (χ4n) is 2.05. The fraction of sp³-hybridized carbons (Fsp3) is 0.571. The SMILES string of the molecule is CCCS(=O)(=O)CCC(CCl)(CCl)c1cccc(Cl)c1. The molecule has 0 aliphatic carbocycles. The van der Waals surface area contributed by atoms with Crippen LogP contribution in [0.2, 0.25) is 5.02 Å². The molecule has 0 radical (unpaired) electrons. The van der Waals surface area contributed by atoms with Crippen molar-refractivity contribution in [3.63, 3.8) is 0 Å². The molecule has 114 valence electrons. The largest absolute Gasteiger partial charge is 0.229 e. The lowest BCUT2D eigenvalue weighted by molar-refractivity contribution is 0.511. The van der Waals surface area contributed by atoms with Crippen molar-refractivity contribution in [3.05, 3.63) is 34.9 Å². The zero-order valence-electron chi connectivity index (χ0n) is 11.4. The van der Waals surface area contributed by atoms with Crippen LogP contribution in [0, 0.1) is 0 Å². The lowest BCUT2D eigenvalue weighted by atomic mass is 9.82. The summed E-state index contributed by atoms with van der Waals surface area (Å²) in [5.41, 5.74) is 0.330. The third-order valence-electron chi connectivity index (χ3n) is 3.36. The Balaban J connectivity index is 2.99. The molecule has 0 fully saturated rings. The lowest BCUT2D eigenvalue weighted by Crippen LogP contribution is -2.33. The highest BCUT2D eigenvalue weighted by Crippen LogP contribution is 2.33. The Morgan fingerprint density at radius 2 is 1.80 bits per heavy atom. The van der Waals surface area contributed by atoms with E-state index in [9.17, 15) is 8.42 Å². The third-order valence-corrected chi connectivity index (χ3v) is 6.47. The van der Waals surface area contributed by atoms with E-state index in [4.69, 9.17) is 34.8 Å². The molecule has 0 heterocycles. The number of sulfone groups is 1. The quantitative estimate of drug-likeness (QED) is 0.651. The molecule has 0 bridgehead atoms. The first kappa shape index (κ1) is 18.1. The van der Waals surface area contributed by atoms with Crippen LogP contribution in [-0.2, 0) is 15.3 Å². The van der Waals surface area contributed by atoms with E-state index in [0.29, 0.717) is 17.9 Å². The van der Waals surface area contributed by atoms with E-state index in [1.54, 1.807) is 12.1 Å². The first-order chi connectivity index (χ1) is 9.39. The maximum atomic E-state index is 11.9. The molecule has 0 saturated carbocycles. The molecule has 0 aliphatic rings. The van der Waals surface area contributed by atoms with Crippen LogP contribution in [0.5, 0.6) is 0 Å². The molecule has 0 N–H and O–H groups in total. The minimum absolute atomic E-state index is 0.0901. The molecule has 1 aromatic rings. The molecule has 0 aliphatic heterocycles. The molecule has 0 amide bonds. The second-order valence-corrected chi connectivity index (χ2v) is 8.23. The van der Waals surface area contributed by atoms with Crippen molar-refractivity contribution >= 4 is 44.6 Å². The zero-order valence-corrected chi connectivity index (χ0v) is 14.5. The Morgan fingerprint density at radius 1 is 1.15 bits per heavy atom. The summed E-state index contributed by atoms with van der Waals surface area (Å²) < 4.78 is 23.8. The van der Waals surface area contributed by atoms with Gasteiger partial charge >= 0.3 is 0 Å². The Morgan fingerprint density at radius 3 is 2.30 bits per heavy atom. The highest BCUT2D eigenvalue weighted by Gasteiger charge is 2.32. The van der Waals surface area contributed by atoms with Crippen LogP contribution < -0.4 is 0 Å². The van der Waals surface area contributed by atoms with Crippen LogP contribution in [0.25, 0.3) is 0 Å². The Labute approximate surface area is 136 Å². The molecule has 0 spiro atoms. The maximum Gasteiger partial charge on any atom is 0.150 e. The fourth-order valence-corrected chi connectivity index (χ4v) is 4.63. The second kappa shape index (κ2) is 7.88. The number of hydrogen-bond acceptors (Lipinski definition) is 2. The van der Waals surface area contributed by atoms with Crippen molar-refractivity contribution in [2.45, 2.75) is 25.2 Å². The van der Waals surface area contributed by atoms with Crippen LogP contribution in [-0.4, -0.2) is 31.7 Å². The van der Waals surface area contributed by atoms with Gasteiger partial charge in [-0.3, -0.25) is 0 Å². The number of rotatable bonds is 8. The van der Waals surface area contributed by atoms with Gasteiger partial charge in [-0.2, -0.15) is 0 Å². The third kappa shape index (κ3) is 4.80. The summed E-state index contributed by atoms with van der Waals surface area (Å²) in [5, 5.41) is 0.596. The monoisotopic (exact) mass is 356 g/mol. The predicted molar refractivity (Wildman–Crippen MR) is 88.1 cm³/mol. The Kier molecular flexibility index (Phi) is 7.13. The van der Waals surface area contributed by atoms with Crippen molar-refractivity contribution in [3.8, 4) is 0 Å². The maximum absolute atomic E-state index is 11.9. The molecule has 1 aromatic carbocycles. The van der Waals surface area contributed by atoms with Gasteiger partial charge in [0.1, 0.15) is 9.84 Å². The molecule has 6 heteroatoms. The van der Waals surface area contributed by atoms with E-state index in [2.05, 4.69) is 0 Å². The van der Waals surface area contributed by atoms with E-state index in [1.807, 2.05) is 19.1 Å². The van der Waals surface area contributed by atoms with Crippen LogP contribution in [0.1, 0.15) is 25.3 Å². The number of halogens is 3. The molecule has 20 heavy (non-hydrogen) atoms. The predicted octanol–water partition coefficient (Wildman–Crippen LogP) is 4.27. The molecule has 2 nitrogen and oxygen atoms in total. The summed E-state index contributed by atoms with van der Waals surface area (Å²) in [6.45, 7) is 1.85. The number of alkyl halides is 2. The first-order valence-corrected chi connectivity index (χ1v) is 9.74. The molecular formula is C14H19Cl3O2S. The summed E-state index contributed by atoms with van der Waals surface area (Å²) in [6, 6.07) is 7.29. The van der Waals surface area contributed by atoms with Gasteiger partial charge in [0.2, 0.25) is 0 Å². The van der Waals surface area contributed by atoms with E-state index >= 15 is 0 Å². The second-order valence-electron chi connectivity index (χ2n) is 4.96. The van der Waals surface area contributed by atoms with E-state index in [1.165, 1.54) is 0 Å². The zero-order chi connectivity index (χ0) is 15.2. The average molecular weight is 358 g/mol. The van der Waals surface area contributed by atoms with Crippen molar-refractivity contribution in [2.75, 3.05) is 23.3 Å². The minimum atomic E-state index is -3.05. The van der Waals surface area contributed by atoms with Gasteiger partial charge in [-0.05, 0) is 30.5 Å². The van der Waals surface area contributed by atoms with Gasteiger partial charge in [-0.1, -0.05) is 30.7 Å². The average Bonchev–Trinajstić information content (AvgIpc) is 2.40. The van der Waals surface area contributed by atoms with Gasteiger partial charge in [0.25, 0.3) is 0 Å². The molecular weight excluding hydrogens is 339 g/mol. The molecule has 0 aromatic heterocycles. The van der Waals surface area contributed by atoms with Gasteiger partial charge in [-0.25, -0.2) is 8.42 Å². The number of hydrogen-bond donors (Lipinski definition) is 0. The van der Waals surface area contributed by atoms with Crippen molar-refractivity contribution < 1.29 is 8.42 Å². The van der Waals surface area contributed by atoms with E-state index in [0.717, 1.165) is 5.56 Å². The van der Waals surface area contributed by atoms with Gasteiger partial charge in [0.05, 0.1) is 5.75 Å². The van der Waals surface area contributed by atoms with Gasteiger partial charge in [0, 0.05) is 28.0 Å². The van der Waals surface area contributed by atoms with Crippen molar-refractivity contribution in [1.29, 1.82) is 0 Å². The molecule has 1 rings (SSSR count). The summed E-state index contributed by atoms with van der Waals surface area (Å²) in [6.07, 6.45) is 1.02. The van der Waals surface area contributed by atoms with Crippen LogP contribution in [0.15, 0.2) is 24.3 Å². The van der Waals surface area contributed by atoms with E-state index in [-0.39, 0.29) is 23.3 Å². The van der Waals surface area contributed by atoms with Gasteiger partial charge < -0.3 is 0 Å². The standard InChI is InChI=1S/C14H19Cl3O2S/c1-2-7-20(18,19)8-6-14(10-15,11-16)12-4-3-5-13(17)9-12/h3-5,9H,2,6-8,10-11H2,1H3. The summed E-state index contributed by atoms with van der Waals surface area (Å²) >= 11 is 18.2. The van der Waals surface area contributed by atoms with Gasteiger partial charge in [-0.15, -0.1) is 23.2 Å². The highest BCUT2D eigenvalue weighted by atomic mass is 35.5. The Hall–Kier alpha value is 0.0400. The van der Waals surface area contributed by atoms with E-state index < -0.39 is 15.3 Å². The molecule has 0 unspecified atom stereocenters. The van der Waals surface area contributed by atoms with Crippen LogP contribution >= 0.6 is 34.8 Å². The highest BCUT2D eigenvalue weighted by molar-refractivity contribution is 7.91. The normalized spacial score (nSPS) is 12.6. The van der Waals surface area contributed by atoms with Crippen molar-refractivity contribution in [1.82, 2.24) is 0 Å². The summed E-state index contributed by atoms with van der Waals surface area (Å²) in [7, 11) is -3.05. The first-order valence-electron chi connectivity index (χ1n) is 6.47. The summed E-state index contributed by atoms with van der Waals surface area (Å²) in [4.78, 5) is 0. The number of benzene rings is 1. The van der Waals surface area contributed by atoms with Gasteiger partial charge in [0.15, 0.2) is 0 Å². The molecule has 0 saturated heterocycles. The lowest BCUT2D eigenvalue weighted by Gasteiger charge is -2.30. The van der Waals surface area contributed by atoms with Crippen molar-refractivity contribution in [2.24, 2.45) is 0 Å². The summed E-state index contributed by atoms with van der Waals surface area (Å²) in [5.74, 6) is 0.812. The van der Waals surface area contributed by atoms with Crippen LogP contribution in [0.4, 0.5) is 0 Å². The Bertz CT molecular complexity index is 525. The van der Waals surface area contributed by atoms with Crippen LogP contribution in [0.3, 0.4) is 0 Å². The molecule has 0 atom stereocenters.